The predicted octanol–water partition coefficient (Wildman–Crippen LogP) is 3.41. The molecule has 0 fully saturated rings. The predicted molar refractivity (Wildman–Crippen MR) is 82.0 cm³/mol. The molecule has 0 saturated heterocycles. The zero-order chi connectivity index (χ0) is 14.9. The standard InChI is InChI=1S/C14H11Br2NO3/c1-17-9(7-13(18)19)3-5-12(17)14(20)8-2-4-10(15)11(16)6-8/h2-6H,7H2,1H3,(H,18,19). The molecule has 0 unspecified atom stereocenters. The maximum Gasteiger partial charge on any atom is 0.309 e. The Hall–Kier alpha value is -1.40. The molecular formula is C14H11Br2NO3. The Labute approximate surface area is 132 Å². The number of aromatic nitrogens is 1. The second-order valence-electron chi connectivity index (χ2n) is 4.30. The molecule has 0 atom stereocenters. The zero-order valence-electron chi connectivity index (χ0n) is 10.6. The lowest BCUT2D eigenvalue weighted by atomic mass is 10.1. The summed E-state index contributed by atoms with van der Waals surface area (Å²) in [4.78, 5) is 23.2. The number of hydrogen-bond donors (Lipinski definition) is 1. The van der Waals surface area contributed by atoms with E-state index in [2.05, 4.69) is 31.9 Å². The van der Waals surface area contributed by atoms with Crippen LogP contribution in [0, 0.1) is 0 Å². The lowest BCUT2D eigenvalue weighted by molar-refractivity contribution is -0.136. The minimum absolute atomic E-state index is 0.103. The first-order chi connectivity index (χ1) is 9.40. The summed E-state index contributed by atoms with van der Waals surface area (Å²) in [5, 5.41) is 8.81. The fraction of sp³-hybridized carbons (Fsp3) is 0.143. The Morgan fingerprint density at radius 3 is 2.45 bits per heavy atom. The van der Waals surface area contributed by atoms with Crippen LogP contribution in [0.3, 0.4) is 0 Å². The van der Waals surface area contributed by atoms with Gasteiger partial charge in [-0.1, -0.05) is 0 Å². The number of rotatable bonds is 4. The zero-order valence-corrected chi connectivity index (χ0v) is 13.7. The van der Waals surface area contributed by atoms with Gasteiger partial charge in [-0.2, -0.15) is 0 Å². The summed E-state index contributed by atoms with van der Waals surface area (Å²) >= 11 is 6.71. The van der Waals surface area contributed by atoms with Crippen LogP contribution in [0.4, 0.5) is 0 Å². The van der Waals surface area contributed by atoms with Crippen molar-refractivity contribution in [1.29, 1.82) is 0 Å². The topological polar surface area (TPSA) is 59.3 Å². The molecule has 2 rings (SSSR count). The molecule has 1 N–H and O–H groups in total. The van der Waals surface area contributed by atoms with E-state index in [-0.39, 0.29) is 12.2 Å². The summed E-state index contributed by atoms with van der Waals surface area (Å²) < 4.78 is 3.28. The Morgan fingerprint density at radius 2 is 1.85 bits per heavy atom. The van der Waals surface area contributed by atoms with E-state index in [1.165, 1.54) is 0 Å². The number of carbonyl (C=O) groups is 2. The van der Waals surface area contributed by atoms with Gasteiger partial charge in [-0.25, -0.2) is 0 Å². The van der Waals surface area contributed by atoms with Gasteiger partial charge in [0.05, 0.1) is 12.1 Å². The maximum atomic E-state index is 12.4. The van der Waals surface area contributed by atoms with Gasteiger partial charge in [-0.15, -0.1) is 0 Å². The first-order valence-electron chi connectivity index (χ1n) is 5.76. The van der Waals surface area contributed by atoms with E-state index < -0.39 is 5.97 Å². The average Bonchev–Trinajstić information content (AvgIpc) is 2.73. The highest BCUT2D eigenvalue weighted by Gasteiger charge is 2.16. The molecule has 1 aromatic carbocycles. The molecule has 20 heavy (non-hydrogen) atoms. The van der Waals surface area contributed by atoms with Crippen molar-refractivity contribution >= 4 is 43.6 Å². The molecule has 1 aromatic heterocycles. The van der Waals surface area contributed by atoms with Gasteiger partial charge in [0.2, 0.25) is 5.78 Å². The number of ketones is 1. The minimum Gasteiger partial charge on any atom is -0.481 e. The van der Waals surface area contributed by atoms with E-state index in [0.29, 0.717) is 17.0 Å². The van der Waals surface area contributed by atoms with Crippen molar-refractivity contribution < 1.29 is 14.7 Å². The van der Waals surface area contributed by atoms with Crippen LogP contribution >= 0.6 is 31.9 Å². The van der Waals surface area contributed by atoms with Crippen LogP contribution in [0.15, 0.2) is 39.3 Å². The van der Waals surface area contributed by atoms with Gasteiger partial charge in [0.25, 0.3) is 0 Å². The third-order valence-electron chi connectivity index (χ3n) is 2.97. The Morgan fingerprint density at radius 1 is 1.15 bits per heavy atom. The highest BCUT2D eigenvalue weighted by molar-refractivity contribution is 9.13. The molecule has 0 saturated carbocycles. The van der Waals surface area contributed by atoms with E-state index >= 15 is 0 Å². The Balaban J connectivity index is 2.36. The van der Waals surface area contributed by atoms with Gasteiger partial charge < -0.3 is 9.67 Å². The van der Waals surface area contributed by atoms with Gasteiger partial charge >= 0.3 is 5.97 Å². The number of carboxylic acid groups (broad SMARTS) is 1. The first kappa shape index (κ1) is 15.0. The number of carbonyl (C=O) groups excluding carboxylic acids is 1. The number of hydrogen-bond acceptors (Lipinski definition) is 2. The summed E-state index contributed by atoms with van der Waals surface area (Å²) in [5.41, 5.74) is 1.61. The number of carboxylic acids is 1. The molecule has 4 nitrogen and oxygen atoms in total. The van der Waals surface area contributed by atoms with Crippen molar-refractivity contribution in [2.75, 3.05) is 0 Å². The fourth-order valence-electron chi connectivity index (χ4n) is 1.90. The summed E-state index contributed by atoms with van der Waals surface area (Å²) in [6.07, 6.45) is -0.103. The van der Waals surface area contributed by atoms with Gasteiger partial charge in [0.15, 0.2) is 0 Å². The molecule has 6 heteroatoms. The van der Waals surface area contributed by atoms with Crippen molar-refractivity contribution in [3.05, 3.63) is 56.2 Å². The van der Waals surface area contributed by atoms with E-state index in [1.807, 2.05) is 0 Å². The van der Waals surface area contributed by atoms with Crippen molar-refractivity contribution in [1.82, 2.24) is 4.57 Å². The van der Waals surface area contributed by atoms with E-state index in [1.54, 1.807) is 41.9 Å². The van der Waals surface area contributed by atoms with E-state index in [4.69, 9.17) is 5.11 Å². The smallest absolute Gasteiger partial charge is 0.309 e. The summed E-state index contributed by atoms with van der Waals surface area (Å²) in [6.45, 7) is 0. The molecular weight excluding hydrogens is 390 g/mol. The number of benzene rings is 1. The Kier molecular flexibility index (Phi) is 4.45. The Bertz CT molecular complexity index is 692. The number of halogens is 2. The third-order valence-corrected chi connectivity index (χ3v) is 4.85. The monoisotopic (exact) mass is 399 g/mol. The minimum atomic E-state index is -0.920. The van der Waals surface area contributed by atoms with Crippen LogP contribution in [0.25, 0.3) is 0 Å². The third kappa shape index (κ3) is 3.02. The molecule has 2 aromatic rings. The fourth-order valence-corrected chi connectivity index (χ4v) is 2.52. The summed E-state index contributed by atoms with van der Waals surface area (Å²) in [7, 11) is 1.69. The van der Waals surface area contributed by atoms with Gasteiger partial charge in [-0.05, 0) is 62.2 Å². The highest BCUT2D eigenvalue weighted by atomic mass is 79.9. The summed E-state index contributed by atoms with van der Waals surface area (Å²) in [6, 6.07) is 8.56. The molecule has 0 radical (unpaired) electrons. The second kappa shape index (κ2) is 5.93. The maximum absolute atomic E-state index is 12.4. The average molecular weight is 401 g/mol. The second-order valence-corrected chi connectivity index (χ2v) is 6.01. The van der Waals surface area contributed by atoms with Gasteiger partial charge in [0.1, 0.15) is 0 Å². The first-order valence-corrected chi connectivity index (χ1v) is 7.35. The SMILES string of the molecule is Cn1c(CC(=O)O)ccc1C(=O)c1ccc(Br)c(Br)c1. The molecule has 0 amide bonds. The molecule has 104 valence electrons. The summed E-state index contributed by atoms with van der Waals surface area (Å²) in [5.74, 6) is -1.06. The van der Waals surface area contributed by atoms with Crippen molar-refractivity contribution in [3.8, 4) is 0 Å². The van der Waals surface area contributed by atoms with Crippen molar-refractivity contribution in [2.24, 2.45) is 7.05 Å². The molecule has 0 aliphatic heterocycles. The van der Waals surface area contributed by atoms with E-state index in [9.17, 15) is 9.59 Å². The molecule has 1 heterocycles. The van der Waals surface area contributed by atoms with Gasteiger partial charge in [-0.3, -0.25) is 9.59 Å². The molecule has 0 aliphatic carbocycles. The lowest BCUT2D eigenvalue weighted by Gasteiger charge is -2.07. The van der Waals surface area contributed by atoms with Crippen LogP contribution < -0.4 is 0 Å². The van der Waals surface area contributed by atoms with Crippen LogP contribution in [0.5, 0.6) is 0 Å². The van der Waals surface area contributed by atoms with Crippen molar-refractivity contribution in [2.45, 2.75) is 6.42 Å². The quantitative estimate of drug-likeness (QED) is 0.800. The number of nitrogens with zero attached hydrogens (tertiary/aromatic N) is 1. The van der Waals surface area contributed by atoms with Crippen LogP contribution in [-0.4, -0.2) is 21.4 Å². The number of aliphatic carboxylic acids is 1. The normalized spacial score (nSPS) is 10.6. The molecule has 0 bridgehead atoms. The van der Waals surface area contributed by atoms with Gasteiger partial charge in [0, 0.05) is 27.3 Å². The largest absolute Gasteiger partial charge is 0.481 e. The molecule has 0 aliphatic rings. The van der Waals surface area contributed by atoms with Crippen LogP contribution in [-0.2, 0) is 18.3 Å². The highest BCUT2D eigenvalue weighted by Crippen LogP contribution is 2.25. The lowest BCUT2D eigenvalue weighted by Crippen LogP contribution is -2.11. The van der Waals surface area contributed by atoms with Crippen molar-refractivity contribution in [3.63, 3.8) is 0 Å². The van der Waals surface area contributed by atoms with Crippen LogP contribution in [0.2, 0.25) is 0 Å². The van der Waals surface area contributed by atoms with E-state index in [0.717, 1.165) is 8.95 Å². The van der Waals surface area contributed by atoms with Crippen LogP contribution in [0.1, 0.15) is 21.7 Å². The molecule has 0 spiro atoms.